The van der Waals surface area contributed by atoms with Gasteiger partial charge in [-0.15, -0.1) is 0 Å². The summed E-state index contributed by atoms with van der Waals surface area (Å²) in [5.74, 6) is -0.226. The Bertz CT molecular complexity index is 704. The summed E-state index contributed by atoms with van der Waals surface area (Å²) in [6.45, 7) is 0. The summed E-state index contributed by atoms with van der Waals surface area (Å²) in [5.41, 5.74) is 9.57. The second-order valence-corrected chi connectivity index (χ2v) is 5.06. The maximum absolute atomic E-state index is 11.8. The van der Waals surface area contributed by atoms with Crippen LogP contribution in [0.5, 0.6) is 0 Å². The molecule has 0 unspecified atom stereocenters. The van der Waals surface area contributed by atoms with Crippen molar-refractivity contribution in [1.29, 1.82) is 0 Å². The molecule has 3 nitrogen and oxygen atoms in total. The van der Waals surface area contributed by atoms with Gasteiger partial charge in [-0.2, -0.15) is 0 Å². The van der Waals surface area contributed by atoms with Gasteiger partial charge in [0.1, 0.15) is 0 Å². The number of benzene rings is 2. The molecule has 1 aliphatic rings. The topological polar surface area (TPSA) is 60.2 Å². The highest BCUT2D eigenvalue weighted by Gasteiger charge is 2.18. The number of nitrogens with two attached hydrogens (primary N) is 1. The molecule has 0 bridgehead atoms. The Balaban J connectivity index is 2.12. The molecule has 100 valence electrons. The summed E-state index contributed by atoms with van der Waals surface area (Å²) < 4.78 is 0. The highest BCUT2D eigenvalue weighted by Crippen LogP contribution is 2.29. The summed E-state index contributed by atoms with van der Waals surface area (Å²) in [5, 5.41) is 0. The van der Waals surface area contributed by atoms with Crippen LogP contribution in [0.4, 0.5) is 0 Å². The van der Waals surface area contributed by atoms with Crippen LogP contribution in [0, 0.1) is 0 Å². The molecule has 0 aromatic heterocycles. The molecule has 2 N–H and O–H groups in total. The van der Waals surface area contributed by atoms with Crippen molar-refractivity contribution in [2.75, 3.05) is 0 Å². The van der Waals surface area contributed by atoms with Crippen molar-refractivity contribution < 1.29 is 9.59 Å². The van der Waals surface area contributed by atoms with Crippen LogP contribution < -0.4 is 5.73 Å². The number of rotatable bonds is 2. The van der Waals surface area contributed by atoms with Gasteiger partial charge in [0.05, 0.1) is 0 Å². The number of amides is 1. The van der Waals surface area contributed by atoms with Gasteiger partial charge in [-0.1, -0.05) is 36.4 Å². The molecule has 3 heteroatoms. The number of carbonyl (C=O) groups is 2. The number of aryl methyl sites for hydroxylation is 1. The van der Waals surface area contributed by atoms with Crippen LogP contribution >= 0.6 is 0 Å². The van der Waals surface area contributed by atoms with E-state index < -0.39 is 5.91 Å². The quantitative estimate of drug-likeness (QED) is 0.907. The number of ketones is 1. The monoisotopic (exact) mass is 265 g/mol. The first kappa shape index (κ1) is 12.6. The Kier molecular flexibility index (Phi) is 3.11. The van der Waals surface area contributed by atoms with Gasteiger partial charge in [0.15, 0.2) is 5.78 Å². The van der Waals surface area contributed by atoms with Gasteiger partial charge in [0.25, 0.3) is 0 Å². The number of fused-ring (bicyclic) bond motifs is 1. The molecular weight excluding hydrogens is 250 g/mol. The van der Waals surface area contributed by atoms with E-state index in [9.17, 15) is 9.59 Å². The first-order valence-corrected chi connectivity index (χ1v) is 6.72. The van der Waals surface area contributed by atoms with Crippen LogP contribution in [0.15, 0.2) is 42.5 Å². The van der Waals surface area contributed by atoms with Gasteiger partial charge in [0.2, 0.25) is 5.91 Å². The van der Waals surface area contributed by atoms with Crippen LogP contribution in [0.3, 0.4) is 0 Å². The van der Waals surface area contributed by atoms with Gasteiger partial charge >= 0.3 is 0 Å². The minimum absolute atomic E-state index is 0.209. The number of hydrogen-bond donors (Lipinski definition) is 1. The zero-order valence-corrected chi connectivity index (χ0v) is 11.1. The maximum atomic E-state index is 11.8. The molecule has 0 radical (unpaired) electrons. The normalized spacial score (nSPS) is 13.9. The molecule has 20 heavy (non-hydrogen) atoms. The van der Waals surface area contributed by atoms with Gasteiger partial charge in [-0.3, -0.25) is 9.59 Å². The zero-order valence-electron chi connectivity index (χ0n) is 11.1. The zero-order chi connectivity index (χ0) is 14.1. The van der Waals surface area contributed by atoms with Gasteiger partial charge in [-0.25, -0.2) is 0 Å². The largest absolute Gasteiger partial charge is 0.366 e. The minimum atomic E-state index is -0.436. The third-order valence-corrected chi connectivity index (χ3v) is 3.76. The summed E-state index contributed by atoms with van der Waals surface area (Å²) >= 11 is 0. The molecule has 1 amide bonds. The maximum Gasteiger partial charge on any atom is 0.249 e. The third kappa shape index (κ3) is 2.11. The summed E-state index contributed by atoms with van der Waals surface area (Å²) in [6, 6.07) is 13.1. The van der Waals surface area contributed by atoms with E-state index in [1.807, 2.05) is 30.3 Å². The predicted octanol–water partition coefficient (Wildman–Crippen LogP) is 2.97. The Morgan fingerprint density at radius 1 is 1.00 bits per heavy atom. The lowest BCUT2D eigenvalue weighted by molar-refractivity contribution is 0.0970. The molecule has 0 aliphatic heterocycles. The fraction of sp³-hybridized carbons (Fsp3) is 0.176. The van der Waals surface area contributed by atoms with E-state index in [2.05, 4.69) is 0 Å². The fourth-order valence-electron chi connectivity index (χ4n) is 2.76. The molecule has 2 aromatic carbocycles. The highest BCUT2D eigenvalue weighted by atomic mass is 16.1. The Morgan fingerprint density at radius 3 is 2.60 bits per heavy atom. The Hall–Kier alpha value is -2.42. The molecule has 1 aliphatic carbocycles. The average molecular weight is 265 g/mol. The van der Waals surface area contributed by atoms with E-state index in [1.165, 1.54) is 0 Å². The second kappa shape index (κ2) is 4.93. The smallest absolute Gasteiger partial charge is 0.249 e. The average Bonchev–Trinajstić information content (AvgIpc) is 2.47. The lowest BCUT2D eigenvalue weighted by Crippen LogP contribution is -2.13. The molecule has 0 saturated heterocycles. The lowest BCUT2D eigenvalue weighted by Gasteiger charge is -2.16. The van der Waals surface area contributed by atoms with Crippen molar-refractivity contribution in [1.82, 2.24) is 0 Å². The molecule has 0 saturated carbocycles. The second-order valence-electron chi connectivity index (χ2n) is 5.06. The Labute approximate surface area is 117 Å². The van der Waals surface area contributed by atoms with Gasteiger partial charge in [-0.05, 0) is 35.6 Å². The first-order chi connectivity index (χ1) is 9.66. The fourth-order valence-corrected chi connectivity index (χ4v) is 2.76. The van der Waals surface area contributed by atoms with E-state index in [0.717, 1.165) is 35.1 Å². The minimum Gasteiger partial charge on any atom is -0.366 e. The van der Waals surface area contributed by atoms with Gasteiger partial charge < -0.3 is 5.73 Å². The van der Waals surface area contributed by atoms with Crippen molar-refractivity contribution >= 4 is 11.7 Å². The van der Waals surface area contributed by atoms with E-state index >= 15 is 0 Å². The first-order valence-electron chi connectivity index (χ1n) is 6.72. The van der Waals surface area contributed by atoms with Crippen molar-refractivity contribution in [2.24, 2.45) is 5.73 Å². The number of hydrogen-bond acceptors (Lipinski definition) is 2. The molecule has 0 spiro atoms. The van der Waals surface area contributed by atoms with E-state index in [1.54, 1.807) is 12.1 Å². The number of primary amides is 1. The van der Waals surface area contributed by atoms with Crippen LogP contribution in [-0.2, 0) is 6.42 Å². The summed E-state index contributed by atoms with van der Waals surface area (Å²) in [4.78, 5) is 23.3. The van der Waals surface area contributed by atoms with Crippen LogP contribution in [0.2, 0.25) is 0 Å². The molecular formula is C17H15NO2. The van der Waals surface area contributed by atoms with Crippen molar-refractivity contribution in [2.45, 2.75) is 19.3 Å². The van der Waals surface area contributed by atoms with Crippen molar-refractivity contribution in [3.8, 4) is 11.1 Å². The summed E-state index contributed by atoms with van der Waals surface area (Å²) in [6.07, 6.45) is 2.44. The molecule has 0 fully saturated rings. The molecule has 0 heterocycles. The van der Waals surface area contributed by atoms with Crippen molar-refractivity contribution in [3.63, 3.8) is 0 Å². The van der Waals surface area contributed by atoms with Gasteiger partial charge in [0, 0.05) is 17.5 Å². The molecule has 0 atom stereocenters. The van der Waals surface area contributed by atoms with E-state index in [4.69, 9.17) is 5.73 Å². The molecule has 3 rings (SSSR count). The Morgan fingerprint density at radius 2 is 1.80 bits per heavy atom. The number of carbonyl (C=O) groups excluding carboxylic acids is 2. The lowest BCUT2D eigenvalue weighted by atomic mass is 9.87. The highest BCUT2D eigenvalue weighted by molar-refractivity contribution is 6.01. The number of Topliss-reactive ketones (excluding diaryl/α,β-unsaturated/α-hetero) is 1. The third-order valence-electron chi connectivity index (χ3n) is 3.76. The van der Waals surface area contributed by atoms with Crippen LogP contribution in [0.25, 0.3) is 11.1 Å². The summed E-state index contributed by atoms with van der Waals surface area (Å²) in [7, 11) is 0. The SMILES string of the molecule is NC(=O)c1ccccc1-c1ccc2c(c1)CCCC2=O. The van der Waals surface area contributed by atoms with Crippen LogP contribution in [-0.4, -0.2) is 11.7 Å². The van der Waals surface area contributed by atoms with E-state index in [-0.39, 0.29) is 5.78 Å². The molecule has 2 aromatic rings. The predicted molar refractivity (Wildman–Crippen MR) is 77.7 cm³/mol. The standard InChI is InChI=1S/C17H15NO2/c18-17(20)15-6-2-1-5-13(15)12-8-9-14-11(10-12)4-3-7-16(14)19/h1-2,5-6,8-10H,3-4,7H2,(H2,18,20). The van der Waals surface area contributed by atoms with Crippen LogP contribution in [0.1, 0.15) is 39.1 Å². The van der Waals surface area contributed by atoms with Crippen molar-refractivity contribution in [3.05, 3.63) is 59.2 Å². The van der Waals surface area contributed by atoms with E-state index in [0.29, 0.717) is 12.0 Å².